The molecule has 0 fully saturated rings. The molecule has 2 aromatic rings. The van der Waals surface area contributed by atoms with Crippen LogP contribution in [0.5, 0.6) is 5.75 Å². The Morgan fingerprint density at radius 3 is 2.21 bits per heavy atom. The molecular weight excluding hydrogens is 734 g/mol. The number of carbonyl (C=O) groups is 3. The predicted octanol–water partition coefficient (Wildman–Crippen LogP) is 4.21. The van der Waals surface area contributed by atoms with Crippen LogP contribution in [0.1, 0.15) is 45.2 Å². The van der Waals surface area contributed by atoms with Gasteiger partial charge in [0.15, 0.2) is 0 Å². The Labute approximate surface area is 252 Å². The number of non-ortho nitro benzene ring substituents is 1. The minimum Gasteiger partial charge on any atom is -0.429 e. The molecule has 0 aliphatic carbocycles. The number of hydrogen-bond acceptors (Lipinski definition) is 9. The SMILES string of the molecule is CCCN(CC)C(=O)C(C)NC(C)=O.Cc1cc(N(C)O)ccc1COC(=O)Oc1ccc([N+](=O)[O-])cc1.[U]. The number of nitro benzene ring substituents is 1. The fraction of sp³-hybridized carbons (Fsp3) is 0.423. The number of nitrogens with zero attached hydrogens (tertiary/aromatic N) is 3. The third kappa shape index (κ3) is 13.0. The number of rotatable bonds is 10. The summed E-state index contributed by atoms with van der Waals surface area (Å²) in [5.74, 6) is -0.0254. The average molecular weight is 771 g/mol. The van der Waals surface area contributed by atoms with Gasteiger partial charge in [0.25, 0.3) is 5.69 Å². The van der Waals surface area contributed by atoms with Gasteiger partial charge >= 0.3 is 6.16 Å². The second-order valence-electron chi connectivity index (χ2n) is 8.37. The molecule has 0 spiro atoms. The van der Waals surface area contributed by atoms with E-state index in [1.807, 2.05) is 20.8 Å². The molecule has 0 aromatic heterocycles. The Balaban J connectivity index is 0.000000831. The number of amides is 2. The second-order valence-corrected chi connectivity index (χ2v) is 8.37. The summed E-state index contributed by atoms with van der Waals surface area (Å²) in [6.07, 6.45) is 0.0263. The minimum atomic E-state index is -0.911. The maximum absolute atomic E-state index is 11.7. The van der Waals surface area contributed by atoms with Crippen molar-refractivity contribution in [1.82, 2.24) is 10.2 Å². The van der Waals surface area contributed by atoms with Crippen LogP contribution in [-0.2, 0) is 20.9 Å². The maximum atomic E-state index is 11.7. The van der Waals surface area contributed by atoms with Gasteiger partial charge in [-0.2, -0.15) is 0 Å². The molecule has 2 N–H and O–H groups in total. The molecule has 2 rings (SSSR count). The van der Waals surface area contributed by atoms with Gasteiger partial charge in [-0.25, -0.2) is 4.79 Å². The molecule has 212 valence electrons. The molecular formula is C26H36N4O8U. The van der Waals surface area contributed by atoms with Gasteiger partial charge in [-0.15, -0.1) is 0 Å². The van der Waals surface area contributed by atoms with Crippen LogP contribution in [0.25, 0.3) is 0 Å². The van der Waals surface area contributed by atoms with Crippen molar-refractivity contribution >= 4 is 29.3 Å². The van der Waals surface area contributed by atoms with Crippen molar-refractivity contribution in [3.63, 3.8) is 0 Å². The van der Waals surface area contributed by atoms with Crippen molar-refractivity contribution in [3.05, 3.63) is 63.7 Å². The van der Waals surface area contributed by atoms with Crippen LogP contribution in [-0.4, -0.2) is 59.2 Å². The minimum absolute atomic E-state index is 0. The molecule has 0 aliphatic rings. The first-order chi connectivity index (χ1) is 17.9. The van der Waals surface area contributed by atoms with Gasteiger partial charge in [-0.3, -0.25) is 30.0 Å². The molecule has 0 aliphatic heterocycles. The van der Waals surface area contributed by atoms with Gasteiger partial charge in [0.1, 0.15) is 18.4 Å². The van der Waals surface area contributed by atoms with Gasteiger partial charge in [0, 0.05) is 70.3 Å². The van der Waals surface area contributed by atoms with E-state index in [0.717, 1.165) is 29.2 Å². The van der Waals surface area contributed by atoms with Crippen LogP contribution in [0.15, 0.2) is 42.5 Å². The van der Waals surface area contributed by atoms with Crippen LogP contribution < -0.4 is 15.1 Å². The fourth-order valence-electron chi connectivity index (χ4n) is 3.28. The second kappa shape index (κ2) is 18.2. The first-order valence-corrected chi connectivity index (χ1v) is 12.1. The Kier molecular flexibility index (Phi) is 16.7. The molecule has 0 heterocycles. The van der Waals surface area contributed by atoms with Crippen LogP contribution in [0, 0.1) is 48.2 Å². The molecule has 1 unspecified atom stereocenters. The normalized spacial score (nSPS) is 10.5. The summed E-state index contributed by atoms with van der Waals surface area (Å²) in [5.41, 5.74) is 2.13. The number of ether oxygens (including phenoxy) is 2. The van der Waals surface area contributed by atoms with Crippen molar-refractivity contribution < 1.29 is 65.1 Å². The van der Waals surface area contributed by atoms with E-state index in [9.17, 15) is 29.7 Å². The number of benzene rings is 2. The predicted molar refractivity (Wildman–Crippen MR) is 141 cm³/mol. The van der Waals surface area contributed by atoms with Gasteiger partial charge in [-0.05, 0) is 62.6 Å². The van der Waals surface area contributed by atoms with Crippen molar-refractivity contribution in [2.24, 2.45) is 0 Å². The van der Waals surface area contributed by atoms with E-state index in [-0.39, 0.29) is 61.0 Å². The number of nitrogens with one attached hydrogen (secondary N) is 1. The molecule has 13 heteroatoms. The van der Waals surface area contributed by atoms with Crippen LogP contribution >= 0.6 is 0 Å². The zero-order chi connectivity index (χ0) is 28.8. The Hall–Kier alpha value is -3.14. The first kappa shape index (κ1) is 35.9. The zero-order valence-electron chi connectivity index (χ0n) is 23.1. The van der Waals surface area contributed by atoms with Gasteiger partial charge in [-0.1, -0.05) is 13.0 Å². The van der Waals surface area contributed by atoms with Crippen LogP contribution in [0.2, 0.25) is 0 Å². The average Bonchev–Trinajstić information content (AvgIpc) is 2.86. The van der Waals surface area contributed by atoms with Crippen molar-refractivity contribution in [2.75, 3.05) is 25.2 Å². The molecule has 1 atom stereocenters. The summed E-state index contributed by atoms with van der Waals surface area (Å²) >= 11 is 0. The molecule has 2 amide bonds. The first-order valence-electron chi connectivity index (χ1n) is 12.1. The zero-order valence-corrected chi connectivity index (χ0v) is 27.3. The molecule has 0 saturated carbocycles. The molecule has 39 heavy (non-hydrogen) atoms. The molecule has 0 saturated heterocycles. The molecule has 0 bridgehead atoms. The quantitative estimate of drug-likeness (QED) is 0.157. The van der Waals surface area contributed by atoms with Crippen LogP contribution in [0.3, 0.4) is 0 Å². The maximum Gasteiger partial charge on any atom is 0.514 e. The van der Waals surface area contributed by atoms with E-state index in [2.05, 4.69) is 5.32 Å². The van der Waals surface area contributed by atoms with Gasteiger partial charge in [0.2, 0.25) is 11.8 Å². The standard InChI is InChI=1S/C16H16N2O6.C10H20N2O2.U/c1-11-9-14(17(2)20)4-3-12(11)10-23-16(19)24-15-7-5-13(6-8-15)18(21)22;1-5-7-12(6-2)10(14)8(3)11-9(4)13;/h3-9,20H,10H2,1-2H3;8H,5-7H2,1-4H3,(H,11,13);. The van der Waals surface area contributed by atoms with E-state index in [1.54, 1.807) is 30.0 Å². The Morgan fingerprint density at radius 1 is 1.13 bits per heavy atom. The smallest absolute Gasteiger partial charge is 0.429 e. The van der Waals surface area contributed by atoms with Crippen molar-refractivity contribution in [3.8, 4) is 5.75 Å². The molecule has 12 nitrogen and oxygen atoms in total. The number of carbonyl (C=O) groups excluding carboxylic acids is 3. The Morgan fingerprint density at radius 2 is 1.74 bits per heavy atom. The number of hydroxylamine groups is 1. The topological polar surface area (TPSA) is 152 Å². The molecule has 2 aromatic carbocycles. The summed E-state index contributed by atoms with van der Waals surface area (Å²) in [5, 5.41) is 23.5. The summed E-state index contributed by atoms with van der Waals surface area (Å²) in [6.45, 7) is 10.4. The van der Waals surface area contributed by atoms with E-state index >= 15 is 0 Å². The van der Waals surface area contributed by atoms with Gasteiger partial charge in [0.05, 0.1) is 10.6 Å². The monoisotopic (exact) mass is 770 g/mol. The summed E-state index contributed by atoms with van der Waals surface area (Å²) < 4.78 is 9.96. The Bertz CT molecular complexity index is 1100. The van der Waals surface area contributed by atoms with E-state index in [1.165, 1.54) is 38.2 Å². The fourth-order valence-corrected chi connectivity index (χ4v) is 3.28. The number of aryl methyl sites for hydroxylation is 1. The number of nitro groups is 1. The van der Waals surface area contributed by atoms with Gasteiger partial charge < -0.3 is 19.7 Å². The van der Waals surface area contributed by atoms with Crippen LogP contribution in [0.4, 0.5) is 16.2 Å². The number of anilines is 1. The summed E-state index contributed by atoms with van der Waals surface area (Å²) in [7, 11) is 1.51. The molecule has 0 radical (unpaired) electrons. The third-order valence-electron chi connectivity index (χ3n) is 5.27. The number of hydrogen-bond donors (Lipinski definition) is 2. The third-order valence-corrected chi connectivity index (χ3v) is 5.27. The van der Waals surface area contributed by atoms with Crippen molar-refractivity contribution in [1.29, 1.82) is 0 Å². The van der Waals surface area contributed by atoms with E-state index < -0.39 is 17.1 Å². The van der Waals surface area contributed by atoms with Crippen molar-refractivity contribution in [2.45, 2.75) is 53.7 Å². The van der Waals surface area contributed by atoms with E-state index in [0.29, 0.717) is 12.2 Å². The van der Waals surface area contributed by atoms with E-state index in [4.69, 9.17) is 9.47 Å². The summed E-state index contributed by atoms with van der Waals surface area (Å²) in [4.78, 5) is 45.9. The largest absolute Gasteiger partial charge is 0.514 e. The number of likely N-dealkylation sites (N-methyl/N-ethyl adjacent to an activating group) is 1. The summed E-state index contributed by atoms with van der Waals surface area (Å²) in [6, 6.07) is 9.85.